The number of nitrogens with one attached hydrogen (secondary N) is 1. The van der Waals surface area contributed by atoms with Crippen molar-refractivity contribution in [1.82, 2.24) is 4.90 Å². The van der Waals surface area contributed by atoms with Crippen LogP contribution in [0.3, 0.4) is 0 Å². The van der Waals surface area contributed by atoms with Crippen molar-refractivity contribution in [2.75, 3.05) is 18.9 Å². The standard InChI is InChI=1S/C15H13Cl2N3OS/c1-20(8-12-4-5-14(17)22-12)9-15(21)19-13-6-11(16)3-2-10(13)7-18/h2-6H,8-9H2,1H3,(H,19,21). The first-order valence-electron chi connectivity index (χ1n) is 6.40. The summed E-state index contributed by atoms with van der Waals surface area (Å²) in [5, 5.41) is 12.2. The van der Waals surface area contributed by atoms with Crippen molar-refractivity contribution in [2.45, 2.75) is 6.54 Å². The van der Waals surface area contributed by atoms with Gasteiger partial charge in [-0.05, 0) is 37.4 Å². The smallest absolute Gasteiger partial charge is 0.238 e. The van der Waals surface area contributed by atoms with Gasteiger partial charge >= 0.3 is 0 Å². The van der Waals surface area contributed by atoms with Gasteiger partial charge in [0.2, 0.25) is 5.91 Å². The van der Waals surface area contributed by atoms with Gasteiger partial charge in [-0.3, -0.25) is 9.69 Å². The van der Waals surface area contributed by atoms with Crippen LogP contribution in [-0.2, 0) is 11.3 Å². The number of anilines is 1. The van der Waals surface area contributed by atoms with Gasteiger partial charge in [0.05, 0.1) is 22.1 Å². The number of nitriles is 1. The van der Waals surface area contributed by atoms with Gasteiger partial charge in [0.1, 0.15) is 6.07 Å². The van der Waals surface area contributed by atoms with Crippen LogP contribution in [0, 0.1) is 11.3 Å². The summed E-state index contributed by atoms with van der Waals surface area (Å²) in [5.41, 5.74) is 0.804. The van der Waals surface area contributed by atoms with E-state index >= 15 is 0 Å². The first kappa shape index (κ1) is 16.8. The first-order valence-corrected chi connectivity index (χ1v) is 7.97. The molecule has 0 atom stereocenters. The summed E-state index contributed by atoms with van der Waals surface area (Å²) in [6.07, 6.45) is 0. The highest BCUT2D eigenvalue weighted by atomic mass is 35.5. The van der Waals surface area contributed by atoms with Crippen LogP contribution in [0.5, 0.6) is 0 Å². The van der Waals surface area contributed by atoms with Crippen molar-refractivity contribution in [3.63, 3.8) is 0 Å². The lowest BCUT2D eigenvalue weighted by Crippen LogP contribution is -2.29. The van der Waals surface area contributed by atoms with Gasteiger partial charge in [-0.15, -0.1) is 11.3 Å². The zero-order valence-electron chi connectivity index (χ0n) is 11.8. The summed E-state index contributed by atoms with van der Waals surface area (Å²) in [5.74, 6) is -0.205. The molecule has 1 amide bonds. The van der Waals surface area contributed by atoms with E-state index in [4.69, 9.17) is 28.5 Å². The molecule has 22 heavy (non-hydrogen) atoms. The molecule has 0 unspecified atom stereocenters. The zero-order valence-corrected chi connectivity index (χ0v) is 14.1. The van der Waals surface area contributed by atoms with E-state index in [-0.39, 0.29) is 12.5 Å². The number of carbonyl (C=O) groups is 1. The monoisotopic (exact) mass is 353 g/mol. The molecular formula is C15H13Cl2N3OS. The summed E-state index contributed by atoms with van der Waals surface area (Å²) in [6.45, 7) is 0.832. The third kappa shape index (κ3) is 4.72. The van der Waals surface area contributed by atoms with Gasteiger partial charge in [-0.1, -0.05) is 23.2 Å². The molecule has 0 radical (unpaired) electrons. The van der Waals surface area contributed by atoms with Crippen molar-refractivity contribution in [2.24, 2.45) is 0 Å². The number of rotatable bonds is 5. The van der Waals surface area contributed by atoms with Gasteiger partial charge in [0, 0.05) is 16.4 Å². The highest BCUT2D eigenvalue weighted by molar-refractivity contribution is 7.16. The fraction of sp³-hybridized carbons (Fsp3) is 0.200. The van der Waals surface area contributed by atoms with E-state index in [0.29, 0.717) is 22.8 Å². The van der Waals surface area contributed by atoms with E-state index < -0.39 is 0 Å². The van der Waals surface area contributed by atoms with Gasteiger partial charge < -0.3 is 5.32 Å². The molecule has 0 aliphatic rings. The summed E-state index contributed by atoms with van der Waals surface area (Å²) in [6, 6.07) is 10.6. The molecule has 2 aromatic rings. The summed E-state index contributed by atoms with van der Waals surface area (Å²) in [7, 11) is 1.84. The van der Waals surface area contributed by atoms with E-state index in [1.54, 1.807) is 18.2 Å². The maximum atomic E-state index is 12.1. The Bertz CT molecular complexity index is 724. The number of thiophene rings is 1. The minimum Gasteiger partial charge on any atom is -0.324 e. The molecule has 1 aromatic heterocycles. The second-order valence-corrected chi connectivity index (χ2v) is 6.96. The molecule has 2 rings (SSSR count). The average Bonchev–Trinajstić information content (AvgIpc) is 2.83. The van der Waals surface area contributed by atoms with Crippen LogP contribution in [-0.4, -0.2) is 24.4 Å². The van der Waals surface area contributed by atoms with Crippen LogP contribution in [0.1, 0.15) is 10.4 Å². The molecule has 1 N–H and O–H groups in total. The minimum absolute atomic E-state index is 0.201. The molecule has 0 aliphatic carbocycles. The number of hydrogen-bond donors (Lipinski definition) is 1. The third-order valence-corrected chi connectivity index (χ3v) is 4.30. The summed E-state index contributed by atoms with van der Waals surface area (Å²) in [4.78, 5) is 15.0. The molecule has 0 saturated heterocycles. The Hall–Kier alpha value is -1.58. The Kier molecular flexibility index (Phi) is 5.81. The van der Waals surface area contributed by atoms with Crippen molar-refractivity contribution in [3.05, 3.63) is 50.1 Å². The molecule has 0 aliphatic heterocycles. The normalized spacial score (nSPS) is 10.5. The van der Waals surface area contributed by atoms with Crippen molar-refractivity contribution in [1.29, 1.82) is 5.26 Å². The second-order valence-electron chi connectivity index (χ2n) is 4.73. The Labute approximate surface area is 142 Å². The third-order valence-electron chi connectivity index (χ3n) is 2.84. The molecule has 1 heterocycles. The lowest BCUT2D eigenvalue weighted by molar-refractivity contribution is -0.117. The lowest BCUT2D eigenvalue weighted by atomic mass is 10.2. The van der Waals surface area contributed by atoms with Crippen LogP contribution in [0.4, 0.5) is 5.69 Å². The van der Waals surface area contributed by atoms with Crippen LogP contribution in [0.15, 0.2) is 30.3 Å². The number of benzene rings is 1. The predicted molar refractivity (Wildman–Crippen MR) is 90.5 cm³/mol. The van der Waals surface area contributed by atoms with E-state index in [1.807, 2.05) is 30.1 Å². The fourth-order valence-corrected chi connectivity index (χ4v) is 3.25. The zero-order chi connectivity index (χ0) is 16.1. The second kappa shape index (κ2) is 7.61. The largest absolute Gasteiger partial charge is 0.324 e. The molecule has 0 spiro atoms. The van der Waals surface area contributed by atoms with E-state index in [2.05, 4.69) is 5.32 Å². The van der Waals surface area contributed by atoms with Crippen molar-refractivity contribution >= 4 is 46.1 Å². The Balaban J connectivity index is 1.95. The Morgan fingerprint density at radius 3 is 2.77 bits per heavy atom. The molecule has 0 bridgehead atoms. The van der Waals surface area contributed by atoms with E-state index in [1.165, 1.54) is 11.3 Å². The quantitative estimate of drug-likeness (QED) is 0.883. The molecule has 114 valence electrons. The Morgan fingerprint density at radius 2 is 2.14 bits per heavy atom. The molecule has 1 aromatic carbocycles. The maximum Gasteiger partial charge on any atom is 0.238 e. The van der Waals surface area contributed by atoms with E-state index in [0.717, 1.165) is 9.21 Å². The highest BCUT2D eigenvalue weighted by Gasteiger charge is 2.11. The van der Waals surface area contributed by atoms with Gasteiger partial charge in [0.25, 0.3) is 0 Å². The number of nitrogens with zero attached hydrogens (tertiary/aromatic N) is 2. The summed E-state index contributed by atoms with van der Waals surface area (Å²) >= 11 is 13.3. The summed E-state index contributed by atoms with van der Waals surface area (Å²) < 4.78 is 0.727. The SMILES string of the molecule is CN(CC(=O)Nc1cc(Cl)ccc1C#N)Cc1ccc(Cl)s1. The number of halogens is 2. The van der Waals surface area contributed by atoms with E-state index in [9.17, 15) is 4.79 Å². The van der Waals surface area contributed by atoms with Crippen LogP contribution < -0.4 is 5.32 Å². The first-order chi connectivity index (χ1) is 10.5. The molecular weight excluding hydrogens is 341 g/mol. The number of likely N-dealkylation sites (N-methyl/N-ethyl adjacent to an activating group) is 1. The molecule has 4 nitrogen and oxygen atoms in total. The van der Waals surface area contributed by atoms with Crippen LogP contribution in [0.25, 0.3) is 0 Å². The van der Waals surface area contributed by atoms with Gasteiger partial charge in [0.15, 0.2) is 0 Å². The minimum atomic E-state index is -0.205. The van der Waals surface area contributed by atoms with Crippen LogP contribution >= 0.6 is 34.5 Å². The number of carbonyl (C=O) groups excluding carboxylic acids is 1. The predicted octanol–water partition coefficient (Wildman–Crippen LogP) is 4.00. The maximum absolute atomic E-state index is 12.1. The highest BCUT2D eigenvalue weighted by Crippen LogP contribution is 2.23. The van der Waals surface area contributed by atoms with Gasteiger partial charge in [-0.25, -0.2) is 0 Å². The Morgan fingerprint density at radius 1 is 1.36 bits per heavy atom. The van der Waals surface area contributed by atoms with Crippen molar-refractivity contribution in [3.8, 4) is 6.07 Å². The fourth-order valence-electron chi connectivity index (χ4n) is 1.91. The van der Waals surface area contributed by atoms with Crippen LogP contribution in [0.2, 0.25) is 9.36 Å². The van der Waals surface area contributed by atoms with Crippen molar-refractivity contribution < 1.29 is 4.79 Å². The lowest BCUT2D eigenvalue weighted by Gasteiger charge is -2.15. The number of amides is 1. The number of hydrogen-bond acceptors (Lipinski definition) is 4. The average molecular weight is 354 g/mol. The molecule has 7 heteroatoms. The molecule has 0 fully saturated rings. The van der Waals surface area contributed by atoms with Gasteiger partial charge in [-0.2, -0.15) is 5.26 Å². The molecule has 0 saturated carbocycles. The topological polar surface area (TPSA) is 56.1 Å².